The van der Waals surface area contributed by atoms with Gasteiger partial charge in [-0.1, -0.05) is 24.3 Å². The SMILES string of the molecule is O=C(NCCc1ccc(CO)cc1)Nc1cc(F)c(F)cc1F. The first-order chi connectivity index (χ1) is 11.0. The topological polar surface area (TPSA) is 61.4 Å². The van der Waals surface area contributed by atoms with Gasteiger partial charge in [-0.3, -0.25) is 0 Å². The van der Waals surface area contributed by atoms with E-state index in [1.165, 1.54) is 0 Å². The van der Waals surface area contributed by atoms with Crippen LogP contribution in [0.3, 0.4) is 0 Å². The molecule has 2 aromatic carbocycles. The first kappa shape index (κ1) is 16.8. The van der Waals surface area contributed by atoms with E-state index in [-0.39, 0.29) is 13.2 Å². The van der Waals surface area contributed by atoms with Crippen molar-refractivity contribution < 1.29 is 23.1 Å². The normalized spacial score (nSPS) is 10.4. The van der Waals surface area contributed by atoms with E-state index >= 15 is 0 Å². The molecule has 0 saturated carbocycles. The number of aliphatic hydroxyl groups excluding tert-OH is 1. The summed E-state index contributed by atoms with van der Waals surface area (Å²) in [4.78, 5) is 11.6. The number of amides is 2. The molecule has 0 aromatic heterocycles. The summed E-state index contributed by atoms with van der Waals surface area (Å²) < 4.78 is 39.2. The number of anilines is 1. The lowest BCUT2D eigenvalue weighted by Crippen LogP contribution is -2.30. The van der Waals surface area contributed by atoms with Crippen LogP contribution >= 0.6 is 0 Å². The van der Waals surface area contributed by atoms with Gasteiger partial charge in [-0.05, 0) is 17.5 Å². The Morgan fingerprint density at radius 1 is 0.957 bits per heavy atom. The van der Waals surface area contributed by atoms with Crippen LogP contribution in [0.2, 0.25) is 0 Å². The second-order valence-electron chi connectivity index (χ2n) is 4.85. The highest BCUT2D eigenvalue weighted by atomic mass is 19.2. The molecular weight excluding hydrogens is 309 g/mol. The van der Waals surface area contributed by atoms with Crippen molar-refractivity contribution in [2.75, 3.05) is 11.9 Å². The molecule has 0 aliphatic heterocycles. The molecule has 0 fully saturated rings. The Morgan fingerprint density at radius 3 is 2.22 bits per heavy atom. The van der Waals surface area contributed by atoms with E-state index in [0.29, 0.717) is 18.6 Å². The molecule has 0 bridgehead atoms. The lowest BCUT2D eigenvalue weighted by molar-refractivity contribution is 0.252. The second kappa shape index (κ2) is 7.64. The Morgan fingerprint density at radius 2 is 1.57 bits per heavy atom. The largest absolute Gasteiger partial charge is 0.392 e. The van der Waals surface area contributed by atoms with Gasteiger partial charge in [-0.25, -0.2) is 18.0 Å². The van der Waals surface area contributed by atoms with Gasteiger partial charge in [0.15, 0.2) is 11.6 Å². The van der Waals surface area contributed by atoms with Crippen molar-refractivity contribution in [3.63, 3.8) is 0 Å². The van der Waals surface area contributed by atoms with Crippen molar-refractivity contribution in [3.05, 3.63) is 65.0 Å². The Kier molecular flexibility index (Phi) is 5.59. The molecule has 0 unspecified atom stereocenters. The average molecular weight is 324 g/mol. The Balaban J connectivity index is 1.84. The summed E-state index contributed by atoms with van der Waals surface area (Å²) in [6.07, 6.45) is 0.527. The van der Waals surface area contributed by atoms with Crippen LogP contribution < -0.4 is 10.6 Å². The van der Waals surface area contributed by atoms with E-state index in [9.17, 15) is 18.0 Å². The third kappa shape index (κ3) is 4.72. The number of carbonyl (C=O) groups excluding carboxylic acids is 1. The minimum atomic E-state index is -1.32. The molecule has 4 nitrogen and oxygen atoms in total. The first-order valence-electron chi connectivity index (χ1n) is 6.87. The predicted octanol–water partition coefficient (Wildman–Crippen LogP) is 2.96. The van der Waals surface area contributed by atoms with Gasteiger partial charge in [-0.2, -0.15) is 0 Å². The molecule has 2 rings (SSSR count). The molecule has 2 aromatic rings. The average Bonchev–Trinajstić information content (AvgIpc) is 2.53. The van der Waals surface area contributed by atoms with E-state index in [4.69, 9.17) is 5.11 Å². The molecule has 0 aliphatic carbocycles. The quantitative estimate of drug-likeness (QED) is 0.741. The van der Waals surface area contributed by atoms with Crippen LogP contribution in [-0.4, -0.2) is 17.7 Å². The number of rotatable bonds is 5. The molecule has 2 amide bonds. The van der Waals surface area contributed by atoms with E-state index in [2.05, 4.69) is 10.6 Å². The number of benzene rings is 2. The van der Waals surface area contributed by atoms with Crippen LogP contribution in [0.4, 0.5) is 23.7 Å². The smallest absolute Gasteiger partial charge is 0.319 e. The minimum absolute atomic E-state index is 0.0409. The Labute approximate surface area is 131 Å². The van der Waals surface area contributed by atoms with E-state index in [0.717, 1.165) is 11.1 Å². The standard InChI is InChI=1S/C16H15F3N2O2/c17-12-7-14(19)15(8-13(12)18)21-16(23)20-6-5-10-1-3-11(9-22)4-2-10/h1-4,7-8,22H,5-6,9H2,(H2,20,21,23). The zero-order chi connectivity index (χ0) is 16.8. The fourth-order valence-corrected chi connectivity index (χ4v) is 1.92. The maximum absolute atomic E-state index is 13.4. The van der Waals surface area contributed by atoms with Gasteiger partial charge in [-0.15, -0.1) is 0 Å². The van der Waals surface area contributed by atoms with E-state index in [1.807, 2.05) is 12.1 Å². The van der Waals surface area contributed by atoms with Crippen LogP contribution in [0, 0.1) is 17.5 Å². The maximum atomic E-state index is 13.4. The highest BCUT2D eigenvalue weighted by Crippen LogP contribution is 2.18. The number of halogens is 3. The molecule has 0 aliphatic rings. The molecule has 3 N–H and O–H groups in total. The summed E-state index contributed by atoms with van der Waals surface area (Å²) in [7, 11) is 0. The summed E-state index contributed by atoms with van der Waals surface area (Å²) in [5, 5.41) is 13.5. The number of hydrogen-bond acceptors (Lipinski definition) is 2. The highest BCUT2D eigenvalue weighted by Gasteiger charge is 2.11. The van der Waals surface area contributed by atoms with Crippen molar-refractivity contribution in [1.29, 1.82) is 0 Å². The molecule has 7 heteroatoms. The van der Waals surface area contributed by atoms with Crippen LogP contribution in [-0.2, 0) is 13.0 Å². The number of urea groups is 1. The predicted molar refractivity (Wildman–Crippen MR) is 79.4 cm³/mol. The van der Waals surface area contributed by atoms with Crippen molar-refractivity contribution in [2.24, 2.45) is 0 Å². The fourth-order valence-electron chi connectivity index (χ4n) is 1.92. The number of aliphatic hydroxyl groups is 1. The van der Waals surface area contributed by atoms with Gasteiger partial charge in [0, 0.05) is 18.7 Å². The van der Waals surface area contributed by atoms with Crippen molar-refractivity contribution >= 4 is 11.7 Å². The number of carbonyl (C=O) groups is 1. The Hall–Kier alpha value is -2.54. The summed E-state index contributed by atoms with van der Waals surface area (Å²) >= 11 is 0. The third-order valence-electron chi connectivity index (χ3n) is 3.16. The van der Waals surface area contributed by atoms with Crippen LogP contribution in [0.1, 0.15) is 11.1 Å². The van der Waals surface area contributed by atoms with Gasteiger partial charge in [0.05, 0.1) is 12.3 Å². The summed E-state index contributed by atoms with van der Waals surface area (Å²) in [5.41, 5.74) is 1.29. The van der Waals surface area contributed by atoms with E-state index in [1.54, 1.807) is 12.1 Å². The molecule has 0 atom stereocenters. The third-order valence-corrected chi connectivity index (χ3v) is 3.16. The second-order valence-corrected chi connectivity index (χ2v) is 4.85. The van der Waals surface area contributed by atoms with Gasteiger partial charge < -0.3 is 15.7 Å². The van der Waals surface area contributed by atoms with Gasteiger partial charge in [0.25, 0.3) is 0 Å². The first-order valence-corrected chi connectivity index (χ1v) is 6.87. The fraction of sp³-hybridized carbons (Fsp3) is 0.188. The zero-order valence-corrected chi connectivity index (χ0v) is 12.1. The molecule has 0 spiro atoms. The minimum Gasteiger partial charge on any atom is -0.392 e. The zero-order valence-electron chi connectivity index (χ0n) is 12.1. The maximum Gasteiger partial charge on any atom is 0.319 e. The number of nitrogens with one attached hydrogen (secondary N) is 2. The lowest BCUT2D eigenvalue weighted by atomic mass is 10.1. The molecular formula is C16H15F3N2O2. The van der Waals surface area contributed by atoms with Crippen LogP contribution in [0.25, 0.3) is 0 Å². The van der Waals surface area contributed by atoms with E-state index < -0.39 is 29.2 Å². The summed E-state index contributed by atoms with van der Waals surface area (Å²) in [6, 6.07) is 7.41. The summed E-state index contributed by atoms with van der Waals surface area (Å²) in [5.74, 6) is -3.62. The van der Waals surface area contributed by atoms with Gasteiger partial charge in [0.1, 0.15) is 5.82 Å². The van der Waals surface area contributed by atoms with Crippen LogP contribution in [0.15, 0.2) is 36.4 Å². The molecule has 0 heterocycles. The van der Waals surface area contributed by atoms with Crippen molar-refractivity contribution in [2.45, 2.75) is 13.0 Å². The molecule has 0 saturated heterocycles. The Bertz CT molecular complexity index is 690. The number of hydrogen-bond donors (Lipinski definition) is 3. The lowest BCUT2D eigenvalue weighted by Gasteiger charge is -2.09. The molecule has 0 radical (unpaired) electrons. The monoisotopic (exact) mass is 324 g/mol. The van der Waals surface area contributed by atoms with Crippen LogP contribution in [0.5, 0.6) is 0 Å². The van der Waals surface area contributed by atoms with Gasteiger partial charge >= 0.3 is 6.03 Å². The van der Waals surface area contributed by atoms with Crippen molar-refractivity contribution in [1.82, 2.24) is 5.32 Å². The molecule has 23 heavy (non-hydrogen) atoms. The highest BCUT2D eigenvalue weighted by molar-refractivity contribution is 5.89. The van der Waals surface area contributed by atoms with Gasteiger partial charge in [0.2, 0.25) is 0 Å². The molecule has 122 valence electrons. The summed E-state index contributed by atoms with van der Waals surface area (Å²) in [6.45, 7) is 0.232. The van der Waals surface area contributed by atoms with Crippen molar-refractivity contribution in [3.8, 4) is 0 Å².